The van der Waals surface area contributed by atoms with Gasteiger partial charge in [-0.2, -0.15) is 0 Å². The SMILES string of the molecule is COc1ccc(NC(=O)c2cc3ccccc3cc2OC)cc1Cl. The van der Waals surface area contributed by atoms with Crippen LogP contribution in [0.25, 0.3) is 10.8 Å². The fraction of sp³-hybridized carbons (Fsp3) is 0.105. The van der Waals surface area contributed by atoms with Crippen LogP contribution in [0.2, 0.25) is 5.02 Å². The molecule has 1 N–H and O–H groups in total. The molecule has 0 bridgehead atoms. The van der Waals surface area contributed by atoms with E-state index >= 15 is 0 Å². The Balaban J connectivity index is 1.94. The molecule has 4 nitrogen and oxygen atoms in total. The van der Waals surface area contributed by atoms with Crippen molar-refractivity contribution in [2.24, 2.45) is 0 Å². The molecule has 3 rings (SSSR count). The molecule has 24 heavy (non-hydrogen) atoms. The molecule has 122 valence electrons. The number of anilines is 1. The lowest BCUT2D eigenvalue weighted by molar-refractivity contribution is 0.102. The summed E-state index contributed by atoms with van der Waals surface area (Å²) < 4.78 is 10.5. The number of carbonyl (C=O) groups is 1. The maximum Gasteiger partial charge on any atom is 0.259 e. The van der Waals surface area contributed by atoms with Crippen molar-refractivity contribution < 1.29 is 14.3 Å². The number of benzene rings is 3. The van der Waals surface area contributed by atoms with Gasteiger partial charge in [0.05, 0.1) is 24.8 Å². The van der Waals surface area contributed by atoms with Crippen LogP contribution in [-0.4, -0.2) is 20.1 Å². The zero-order chi connectivity index (χ0) is 17.1. The highest BCUT2D eigenvalue weighted by Gasteiger charge is 2.14. The first-order valence-electron chi connectivity index (χ1n) is 7.34. The predicted molar refractivity (Wildman–Crippen MR) is 96.5 cm³/mol. The highest BCUT2D eigenvalue weighted by molar-refractivity contribution is 6.32. The van der Waals surface area contributed by atoms with Gasteiger partial charge in [-0.05, 0) is 41.1 Å². The maximum absolute atomic E-state index is 12.6. The van der Waals surface area contributed by atoms with Gasteiger partial charge < -0.3 is 14.8 Å². The standard InChI is InChI=1S/C19H16ClNO3/c1-23-17-8-7-14(11-16(17)20)21-19(22)15-9-12-5-3-4-6-13(12)10-18(15)24-2/h3-11H,1-2H3,(H,21,22). The zero-order valence-corrected chi connectivity index (χ0v) is 14.1. The van der Waals surface area contributed by atoms with Crippen LogP contribution in [0.5, 0.6) is 11.5 Å². The third kappa shape index (κ3) is 3.14. The fourth-order valence-electron chi connectivity index (χ4n) is 2.51. The average molecular weight is 342 g/mol. The monoisotopic (exact) mass is 341 g/mol. The van der Waals surface area contributed by atoms with Gasteiger partial charge in [0.15, 0.2) is 0 Å². The summed E-state index contributed by atoms with van der Waals surface area (Å²) in [7, 11) is 3.09. The topological polar surface area (TPSA) is 47.6 Å². The lowest BCUT2D eigenvalue weighted by Gasteiger charge is -2.12. The first-order chi connectivity index (χ1) is 11.6. The highest BCUT2D eigenvalue weighted by Crippen LogP contribution is 2.29. The second-order valence-corrected chi connectivity index (χ2v) is 5.61. The summed E-state index contributed by atoms with van der Waals surface area (Å²) >= 11 is 6.09. The second kappa shape index (κ2) is 6.81. The molecular formula is C19H16ClNO3. The van der Waals surface area contributed by atoms with Crippen molar-refractivity contribution >= 4 is 34.0 Å². The Morgan fingerprint density at radius 3 is 2.21 bits per heavy atom. The molecule has 0 aromatic heterocycles. The van der Waals surface area contributed by atoms with Crippen molar-refractivity contribution in [3.05, 3.63) is 65.2 Å². The zero-order valence-electron chi connectivity index (χ0n) is 13.3. The number of hydrogen-bond acceptors (Lipinski definition) is 3. The Bertz CT molecular complexity index is 908. The number of amides is 1. The van der Waals surface area contributed by atoms with Gasteiger partial charge in [0.25, 0.3) is 5.91 Å². The molecule has 0 heterocycles. The first-order valence-corrected chi connectivity index (χ1v) is 7.72. The second-order valence-electron chi connectivity index (χ2n) is 5.20. The van der Waals surface area contributed by atoms with Crippen LogP contribution >= 0.6 is 11.6 Å². The molecule has 0 spiro atoms. The summed E-state index contributed by atoms with van der Waals surface area (Å²) in [5.41, 5.74) is 1.05. The molecule has 0 aliphatic heterocycles. The summed E-state index contributed by atoms with van der Waals surface area (Å²) in [5.74, 6) is 0.808. The van der Waals surface area contributed by atoms with Crippen LogP contribution in [0, 0.1) is 0 Å². The third-order valence-corrected chi connectivity index (χ3v) is 4.02. The first kappa shape index (κ1) is 16.1. The molecule has 5 heteroatoms. The molecule has 0 unspecified atom stereocenters. The van der Waals surface area contributed by atoms with Gasteiger partial charge in [-0.25, -0.2) is 0 Å². The van der Waals surface area contributed by atoms with Crippen LogP contribution in [0.1, 0.15) is 10.4 Å². The molecule has 1 amide bonds. The van der Waals surface area contributed by atoms with E-state index in [2.05, 4.69) is 5.32 Å². The Kier molecular flexibility index (Phi) is 4.58. The van der Waals surface area contributed by atoms with Gasteiger partial charge in [0.2, 0.25) is 0 Å². The number of methoxy groups -OCH3 is 2. The van der Waals surface area contributed by atoms with E-state index in [4.69, 9.17) is 21.1 Å². The number of rotatable bonds is 4. The van der Waals surface area contributed by atoms with E-state index in [1.165, 1.54) is 0 Å². The van der Waals surface area contributed by atoms with Crippen molar-refractivity contribution in [2.45, 2.75) is 0 Å². The highest BCUT2D eigenvalue weighted by atomic mass is 35.5. The number of nitrogens with one attached hydrogen (secondary N) is 1. The van der Waals surface area contributed by atoms with Crippen molar-refractivity contribution in [3.63, 3.8) is 0 Å². The number of carbonyl (C=O) groups excluding carboxylic acids is 1. The molecule has 3 aromatic carbocycles. The van der Waals surface area contributed by atoms with Crippen molar-refractivity contribution in [2.75, 3.05) is 19.5 Å². The number of hydrogen-bond donors (Lipinski definition) is 1. The largest absolute Gasteiger partial charge is 0.496 e. The van der Waals surface area contributed by atoms with Crippen LogP contribution < -0.4 is 14.8 Å². The van der Waals surface area contributed by atoms with E-state index in [0.717, 1.165) is 10.8 Å². The van der Waals surface area contributed by atoms with Crippen molar-refractivity contribution in [1.82, 2.24) is 0 Å². The van der Waals surface area contributed by atoms with Crippen LogP contribution in [0.4, 0.5) is 5.69 Å². The Labute approximate surface area is 145 Å². The smallest absolute Gasteiger partial charge is 0.259 e. The predicted octanol–water partition coefficient (Wildman–Crippen LogP) is 4.76. The quantitative estimate of drug-likeness (QED) is 0.744. The molecule has 0 fully saturated rings. The Hall–Kier alpha value is -2.72. The van der Waals surface area contributed by atoms with Crippen LogP contribution in [0.3, 0.4) is 0 Å². The lowest BCUT2D eigenvalue weighted by Crippen LogP contribution is -2.13. The average Bonchev–Trinajstić information content (AvgIpc) is 2.60. The van der Waals surface area contributed by atoms with Crippen molar-refractivity contribution in [1.29, 1.82) is 0 Å². The van der Waals surface area contributed by atoms with Gasteiger partial charge >= 0.3 is 0 Å². The van der Waals surface area contributed by atoms with Crippen LogP contribution in [-0.2, 0) is 0 Å². The van der Waals surface area contributed by atoms with Gasteiger partial charge in [-0.3, -0.25) is 4.79 Å². The Morgan fingerprint density at radius 1 is 0.917 bits per heavy atom. The molecule has 0 aliphatic rings. The van der Waals surface area contributed by atoms with Gasteiger partial charge in [0, 0.05) is 5.69 Å². The summed E-state index contributed by atoms with van der Waals surface area (Å²) in [6.45, 7) is 0. The maximum atomic E-state index is 12.6. The summed E-state index contributed by atoms with van der Waals surface area (Å²) in [6, 6.07) is 16.6. The van der Waals surface area contributed by atoms with Crippen LogP contribution in [0.15, 0.2) is 54.6 Å². The number of halogens is 1. The van der Waals surface area contributed by atoms with E-state index in [9.17, 15) is 4.79 Å². The molecule has 0 saturated heterocycles. The number of ether oxygens (including phenoxy) is 2. The van der Waals surface area contributed by atoms with E-state index in [1.54, 1.807) is 32.4 Å². The van der Waals surface area contributed by atoms with E-state index in [-0.39, 0.29) is 5.91 Å². The van der Waals surface area contributed by atoms with E-state index < -0.39 is 0 Å². The van der Waals surface area contributed by atoms with E-state index in [0.29, 0.717) is 27.8 Å². The Morgan fingerprint density at radius 2 is 1.58 bits per heavy atom. The lowest BCUT2D eigenvalue weighted by atomic mass is 10.1. The minimum absolute atomic E-state index is 0.265. The molecule has 3 aromatic rings. The third-order valence-electron chi connectivity index (χ3n) is 3.72. The molecule has 0 radical (unpaired) electrons. The normalized spacial score (nSPS) is 10.5. The number of fused-ring (bicyclic) bond motifs is 1. The molecule has 0 aliphatic carbocycles. The summed E-state index contributed by atoms with van der Waals surface area (Å²) in [6.07, 6.45) is 0. The minimum atomic E-state index is -0.265. The summed E-state index contributed by atoms with van der Waals surface area (Å²) in [4.78, 5) is 12.6. The van der Waals surface area contributed by atoms with Gasteiger partial charge in [0.1, 0.15) is 11.5 Å². The molecule has 0 atom stereocenters. The minimum Gasteiger partial charge on any atom is -0.496 e. The van der Waals surface area contributed by atoms with Gasteiger partial charge in [-0.15, -0.1) is 0 Å². The van der Waals surface area contributed by atoms with Crippen molar-refractivity contribution in [3.8, 4) is 11.5 Å². The molecule has 0 saturated carbocycles. The van der Waals surface area contributed by atoms with Gasteiger partial charge in [-0.1, -0.05) is 35.9 Å². The fourth-order valence-corrected chi connectivity index (χ4v) is 2.77. The van der Waals surface area contributed by atoms with E-state index in [1.807, 2.05) is 36.4 Å². The molecular weight excluding hydrogens is 326 g/mol. The summed E-state index contributed by atoms with van der Waals surface area (Å²) in [5, 5.41) is 5.24.